The molecule has 0 saturated carbocycles. The smallest absolute Gasteiger partial charge is 0.0646 e. The number of hydrogen-bond donors (Lipinski definition) is 1. The van der Waals surface area contributed by atoms with Gasteiger partial charge in [0.15, 0.2) is 0 Å². The zero-order chi connectivity index (χ0) is 13.5. The topological polar surface area (TPSA) is 20.2 Å². The van der Waals surface area contributed by atoms with Gasteiger partial charge in [0.25, 0.3) is 0 Å². The number of aliphatic hydroxyl groups is 1. The van der Waals surface area contributed by atoms with Gasteiger partial charge in [-0.15, -0.1) is 6.58 Å². The van der Waals surface area contributed by atoms with Crippen LogP contribution in [0.3, 0.4) is 0 Å². The van der Waals surface area contributed by atoms with Gasteiger partial charge in [0.05, 0.1) is 6.10 Å². The maximum atomic E-state index is 10.4. The molecule has 0 spiro atoms. The highest BCUT2D eigenvalue weighted by Gasteiger charge is 2.17. The van der Waals surface area contributed by atoms with Crippen LogP contribution < -0.4 is 0 Å². The van der Waals surface area contributed by atoms with Crippen LogP contribution in [0.5, 0.6) is 0 Å². The second-order valence-corrected chi connectivity index (χ2v) is 4.76. The molecule has 2 aromatic carbocycles. The molecular weight excluding hydrogens is 232 g/mol. The Morgan fingerprint density at radius 2 is 1.53 bits per heavy atom. The largest absolute Gasteiger partial charge is 0.392 e. The van der Waals surface area contributed by atoms with Crippen LogP contribution in [-0.2, 0) is 6.42 Å². The molecule has 0 aliphatic heterocycles. The van der Waals surface area contributed by atoms with Crippen molar-refractivity contribution in [3.8, 4) is 0 Å². The van der Waals surface area contributed by atoms with Gasteiger partial charge in [-0.1, -0.05) is 66.7 Å². The molecule has 0 aliphatic rings. The monoisotopic (exact) mass is 252 g/mol. The molecular formula is C18H20O. The number of benzene rings is 2. The minimum Gasteiger partial charge on any atom is -0.392 e. The minimum absolute atomic E-state index is 0.00455. The van der Waals surface area contributed by atoms with Crippen LogP contribution in [0.4, 0.5) is 0 Å². The van der Waals surface area contributed by atoms with Crippen LogP contribution in [0, 0.1) is 0 Å². The van der Waals surface area contributed by atoms with E-state index in [0.717, 1.165) is 18.4 Å². The fraction of sp³-hybridized carbons (Fsp3) is 0.222. The van der Waals surface area contributed by atoms with Crippen molar-refractivity contribution in [2.45, 2.75) is 24.9 Å². The fourth-order valence-electron chi connectivity index (χ4n) is 2.33. The third kappa shape index (κ3) is 3.80. The summed E-state index contributed by atoms with van der Waals surface area (Å²) in [6.45, 7) is 3.85. The molecule has 1 heteroatoms. The summed E-state index contributed by atoms with van der Waals surface area (Å²) in [6.07, 6.45) is 3.08. The summed E-state index contributed by atoms with van der Waals surface area (Å²) >= 11 is 0. The molecule has 2 aromatic rings. The van der Waals surface area contributed by atoms with E-state index in [9.17, 15) is 5.11 Å². The summed E-state index contributed by atoms with van der Waals surface area (Å²) < 4.78 is 0. The molecule has 0 radical (unpaired) electrons. The van der Waals surface area contributed by atoms with Crippen LogP contribution in [0.2, 0.25) is 0 Å². The second-order valence-electron chi connectivity index (χ2n) is 4.76. The maximum Gasteiger partial charge on any atom is 0.0646 e. The molecule has 19 heavy (non-hydrogen) atoms. The van der Waals surface area contributed by atoms with Gasteiger partial charge in [0, 0.05) is 5.92 Å². The number of rotatable bonds is 6. The van der Waals surface area contributed by atoms with Crippen molar-refractivity contribution in [3.05, 3.63) is 84.4 Å². The highest BCUT2D eigenvalue weighted by Crippen LogP contribution is 2.23. The average molecular weight is 252 g/mol. The van der Waals surface area contributed by atoms with Gasteiger partial charge in [-0.2, -0.15) is 0 Å². The van der Waals surface area contributed by atoms with Crippen LogP contribution in [0.15, 0.2) is 73.3 Å². The van der Waals surface area contributed by atoms with Crippen LogP contribution in [0.25, 0.3) is 0 Å². The molecule has 98 valence electrons. The molecule has 0 aliphatic carbocycles. The number of aliphatic hydroxyl groups excluding tert-OH is 1. The SMILES string of the molecule is C=C[C@H](c1ccccc1)[C@H](O)CCc1ccccc1. The Morgan fingerprint density at radius 3 is 2.11 bits per heavy atom. The summed E-state index contributed by atoms with van der Waals surface area (Å²) in [7, 11) is 0. The quantitative estimate of drug-likeness (QED) is 0.772. The van der Waals surface area contributed by atoms with E-state index >= 15 is 0 Å². The Balaban J connectivity index is 1.98. The Bertz CT molecular complexity index is 490. The highest BCUT2D eigenvalue weighted by molar-refractivity contribution is 5.25. The van der Waals surface area contributed by atoms with Gasteiger partial charge in [-0.3, -0.25) is 0 Å². The second kappa shape index (κ2) is 6.91. The first-order valence-corrected chi connectivity index (χ1v) is 6.70. The van der Waals surface area contributed by atoms with E-state index in [4.69, 9.17) is 0 Å². The molecule has 2 rings (SSSR count). The van der Waals surface area contributed by atoms with E-state index in [1.54, 1.807) is 0 Å². The van der Waals surface area contributed by atoms with Gasteiger partial charge in [0.1, 0.15) is 0 Å². The first kappa shape index (κ1) is 13.6. The van der Waals surface area contributed by atoms with Crippen LogP contribution >= 0.6 is 0 Å². The molecule has 0 unspecified atom stereocenters. The lowest BCUT2D eigenvalue weighted by Crippen LogP contribution is -2.17. The summed E-state index contributed by atoms with van der Waals surface area (Å²) in [6, 6.07) is 20.3. The minimum atomic E-state index is -0.389. The van der Waals surface area contributed by atoms with Crippen molar-refractivity contribution in [2.24, 2.45) is 0 Å². The molecule has 0 heterocycles. The number of hydrogen-bond acceptors (Lipinski definition) is 1. The predicted molar refractivity (Wildman–Crippen MR) is 80.1 cm³/mol. The van der Waals surface area contributed by atoms with Crippen molar-refractivity contribution < 1.29 is 5.11 Å². The van der Waals surface area contributed by atoms with Gasteiger partial charge >= 0.3 is 0 Å². The van der Waals surface area contributed by atoms with E-state index in [-0.39, 0.29) is 12.0 Å². The molecule has 0 amide bonds. The van der Waals surface area contributed by atoms with Crippen molar-refractivity contribution in [2.75, 3.05) is 0 Å². The Labute approximate surface area is 115 Å². The maximum absolute atomic E-state index is 10.4. The molecule has 1 nitrogen and oxygen atoms in total. The molecule has 0 fully saturated rings. The van der Waals surface area contributed by atoms with Crippen molar-refractivity contribution in [1.29, 1.82) is 0 Å². The van der Waals surface area contributed by atoms with Crippen molar-refractivity contribution >= 4 is 0 Å². The van der Waals surface area contributed by atoms with E-state index < -0.39 is 0 Å². The van der Waals surface area contributed by atoms with Crippen LogP contribution in [0.1, 0.15) is 23.5 Å². The average Bonchev–Trinajstić information content (AvgIpc) is 2.48. The molecule has 0 bridgehead atoms. The summed E-state index contributed by atoms with van der Waals surface area (Å²) in [5.41, 5.74) is 2.38. The highest BCUT2D eigenvalue weighted by atomic mass is 16.3. The molecule has 0 saturated heterocycles. The third-order valence-corrected chi connectivity index (χ3v) is 3.42. The van der Waals surface area contributed by atoms with Crippen LogP contribution in [-0.4, -0.2) is 11.2 Å². The molecule has 2 atom stereocenters. The van der Waals surface area contributed by atoms with Gasteiger partial charge in [-0.05, 0) is 24.0 Å². The normalized spacial score (nSPS) is 13.7. The van der Waals surface area contributed by atoms with Crippen molar-refractivity contribution in [1.82, 2.24) is 0 Å². The standard InChI is InChI=1S/C18H20O/c1-2-17(16-11-7-4-8-12-16)18(19)14-13-15-9-5-3-6-10-15/h2-12,17-19H,1,13-14H2/t17-,18-/m1/s1. The molecule has 1 N–H and O–H groups in total. The zero-order valence-electron chi connectivity index (χ0n) is 11.1. The lowest BCUT2D eigenvalue weighted by molar-refractivity contribution is 0.149. The van der Waals surface area contributed by atoms with E-state index in [0.29, 0.717) is 0 Å². The van der Waals surface area contributed by atoms with Gasteiger partial charge in [-0.25, -0.2) is 0 Å². The summed E-state index contributed by atoms with van der Waals surface area (Å²) in [4.78, 5) is 0. The van der Waals surface area contributed by atoms with E-state index in [1.807, 2.05) is 54.6 Å². The Morgan fingerprint density at radius 1 is 0.947 bits per heavy atom. The number of aryl methyl sites for hydroxylation is 1. The Hall–Kier alpha value is -1.86. The predicted octanol–water partition coefficient (Wildman–Crippen LogP) is 3.95. The lowest BCUT2D eigenvalue weighted by Gasteiger charge is -2.20. The summed E-state index contributed by atoms with van der Waals surface area (Å²) in [5.74, 6) is 0.00455. The fourth-order valence-corrected chi connectivity index (χ4v) is 2.33. The van der Waals surface area contributed by atoms with E-state index in [1.165, 1.54) is 5.56 Å². The van der Waals surface area contributed by atoms with Crippen molar-refractivity contribution in [3.63, 3.8) is 0 Å². The molecule has 0 aromatic heterocycles. The summed E-state index contributed by atoms with van der Waals surface area (Å²) in [5, 5.41) is 10.4. The Kier molecular flexibility index (Phi) is 4.93. The van der Waals surface area contributed by atoms with Gasteiger partial charge < -0.3 is 5.11 Å². The first-order chi connectivity index (χ1) is 9.31. The first-order valence-electron chi connectivity index (χ1n) is 6.70. The zero-order valence-corrected chi connectivity index (χ0v) is 11.1. The van der Waals surface area contributed by atoms with Gasteiger partial charge in [0.2, 0.25) is 0 Å². The lowest BCUT2D eigenvalue weighted by atomic mass is 9.90. The third-order valence-electron chi connectivity index (χ3n) is 3.42. The van der Waals surface area contributed by atoms with E-state index in [2.05, 4.69) is 18.7 Å².